The van der Waals surface area contributed by atoms with E-state index in [0.29, 0.717) is 13.2 Å². The summed E-state index contributed by atoms with van der Waals surface area (Å²) in [4.78, 5) is 12.5. The quantitative estimate of drug-likeness (QED) is 0.813. The Hall–Kier alpha value is -1.69. The highest BCUT2D eigenvalue weighted by Gasteiger charge is 2.30. The lowest BCUT2D eigenvalue weighted by Gasteiger charge is -2.24. The van der Waals surface area contributed by atoms with Gasteiger partial charge in [0.15, 0.2) is 0 Å². The minimum atomic E-state index is -1.09. The number of nitrogens with one attached hydrogen (secondary N) is 1. The Kier molecular flexibility index (Phi) is 5.93. The maximum atomic E-state index is 12.5. The molecule has 0 bridgehead atoms. The van der Waals surface area contributed by atoms with E-state index < -0.39 is 5.54 Å². The van der Waals surface area contributed by atoms with Crippen LogP contribution in [0.2, 0.25) is 0 Å². The van der Waals surface area contributed by atoms with E-state index in [0.717, 1.165) is 21.2 Å². The minimum absolute atomic E-state index is 0.216. The molecule has 3 N–H and O–H groups in total. The van der Waals surface area contributed by atoms with E-state index in [2.05, 4.69) is 21.2 Å². The molecule has 1 atom stereocenters. The topological polar surface area (TPSA) is 64.3 Å². The van der Waals surface area contributed by atoms with Crippen molar-refractivity contribution in [1.82, 2.24) is 5.32 Å². The molecule has 0 heterocycles. The van der Waals surface area contributed by atoms with Gasteiger partial charge in [-0.15, -0.1) is 0 Å². The number of amides is 1. The van der Waals surface area contributed by atoms with Gasteiger partial charge in [0.2, 0.25) is 5.91 Å². The van der Waals surface area contributed by atoms with Gasteiger partial charge in [0, 0.05) is 18.1 Å². The fraction of sp³-hybridized carbons (Fsp3) is 0.278. The van der Waals surface area contributed by atoms with Crippen molar-refractivity contribution in [2.75, 3.05) is 7.11 Å². The van der Waals surface area contributed by atoms with Crippen molar-refractivity contribution in [2.45, 2.75) is 25.6 Å². The average Bonchev–Trinajstić information content (AvgIpc) is 2.54. The van der Waals surface area contributed by atoms with Crippen LogP contribution in [-0.2, 0) is 28.2 Å². The summed E-state index contributed by atoms with van der Waals surface area (Å²) in [7, 11) is 1.65. The van der Waals surface area contributed by atoms with Gasteiger partial charge in [0.05, 0.1) is 6.61 Å². The molecular formula is C18H21BrN2O2. The normalized spacial score (nSPS) is 13.4. The van der Waals surface area contributed by atoms with E-state index in [1.54, 1.807) is 14.0 Å². The predicted octanol–water partition coefficient (Wildman–Crippen LogP) is 3.09. The average molecular weight is 377 g/mol. The van der Waals surface area contributed by atoms with E-state index in [-0.39, 0.29) is 5.91 Å². The molecule has 0 aliphatic rings. The van der Waals surface area contributed by atoms with Gasteiger partial charge >= 0.3 is 0 Å². The minimum Gasteiger partial charge on any atom is -0.380 e. The molecule has 1 unspecified atom stereocenters. The zero-order valence-corrected chi connectivity index (χ0v) is 14.9. The summed E-state index contributed by atoms with van der Waals surface area (Å²) in [5.41, 5.74) is 8.00. The first-order valence-corrected chi connectivity index (χ1v) is 8.13. The lowest BCUT2D eigenvalue weighted by Crippen LogP contribution is -2.48. The number of carbonyl (C=O) groups is 1. The number of methoxy groups -OCH3 is 1. The molecule has 23 heavy (non-hydrogen) atoms. The molecule has 0 saturated heterocycles. The second kappa shape index (κ2) is 7.73. The molecule has 122 valence electrons. The summed E-state index contributed by atoms with van der Waals surface area (Å²) in [5, 5.41) is 2.92. The van der Waals surface area contributed by atoms with E-state index in [9.17, 15) is 4.79 Å². The monoisotopic (exact) mass is 376 g/mol. The zero-order valence-electron chi connectivity index (χ0n) is 13.3. The van der Waals surface area contributed by atoms with Gasteiger partial charge in [0.1, 0.15) is 5.54 Å². The van der Waals surface area contributed by atoms with Crippen LogP contribution in [-0.4, -0.2) is 13.0 Å². The molecule has 0 aliphatic carbocycles. The summed E-state index contributed by atoms with van der Waals surface area (Å²) in [6.07, 6.45) is 0. The predicted molar refractivity (Wildman–Crippen MR) is 94.7 cm³/mol. The molecule has 5 heteroatoms. The van der Waals surface area contributed by atoms with Gasteiger partial charge in [0.25, 0.3) is 0 Å². The van der Waals surface area contributed by atoms with Crippen LogP contribution >= 0.6 is 15.9 Å². The molecule has 0 spiro atoms. The SMILES string of the molecule is COCc1ccccc1CNC(=O)C(C)(N)c1ccc(Br)cc1. The van der Waals surface area contributed by atoms with Gasteiger partial charge in [-0.3, -0.25) is 4.79 Å². The fourth-order valence-corrected chi connectivity index (χ4v) is 2.58. The second-order valence-corrected chi connectivity index (χ2v) is 6.51. The fourth-order valence-electron chi connectivity index (χ4n) is 2.31. The van der Waals surface area contributed by atoms with Crippen molar-refractivity contribution < 1.29 is 9.53 Å². The molecule has 0 aromatic heterocycles. The van der Waals surface area contributed by atoms with Crippen LogP contribution in [0.5, 0.6) is 0 Å². The van der Waals surface area contributed by atoms with Crippen LogP contribution in [0.15, 0.2) is 53.0 Å². The summed E-state index contributed by atoms with van der Waals surface area (Å²) in [6.45, 7) is 2.65. The van der Waals surface area contributed by atoms with Gasteiger partial charge in [-0.05, 0) is 35.7 Å². The summed E-state index contributed by atoms with van der Waals surface area (Å²) in [5.74, 6) is -0.216. The first-order valence-electron chi connectivity index (χ1n) is 7.34. The molecule has 2 aromatic carbocycles. The van der Waals surface area contributed by atoms with E-state index >= 15 is 0 Å². The first-order chi connectivity index (χ1) is 10.9. The largest absolute Gasteiger partial charge is 0.380 e. The number of halogens is 1. The Bertz CT molecular complexity index is 669. The van der Waals surface area contributed by atoms with Crippen molar-refractivity contribution in [3.8, 4) is 0 Å². The Balaban J connectivity index is 2.08. The number of carbonyl (C=O) groups excluding carboxylic acids is 1. The Morgan fingerprint density at radius 1 is 1.17 bits per heavy atom. The third-order valence-corrected chi connectivity index (χ3v) is 4.30. The van der Waals surface area contributed by atoms with E-state index in [1.807, 2.05) is 48.5 Å². The van der Waals surface area contributed by atoms with Crippen molar-refractivity contribution in [2.24, 2.45) is 5.73 Å². The zero-order chi connectivity index (χ0) is 16.9. The number of rotatable bonds is 6. The van der Waals surface area contributed by atoms with E-state index in [4.69, 9.17) is 10.5 Å². The maximum Gasteiger partial charge on any atom is 0.244 e. The number of hydrogen-bond donors (Lipinski definition) is 2. The Labute approximate surface area is 145 Å². The molecule has 2 aromatic rings. The Morgan fingerprint density at radius 2 is 1.78 bits per heavy atom. The molecule has 1 amide bonds. The van der Waals surface area contributed by atoms with Crippen LogP contribution in [0.25, 0.3) is 0 Å². The number of hydrogen-bond acceptors (Lipinski definition) is 3. The molecule has 2 rings (SSSR count). The second-order valence-electron chi connectivity index (χ2n) is 5.59. The standard InChI is InChI=1S/C18H21BrN2O2/c1-18(20,15-7-9-16(19)10-8-15)17(22)21-11-13-5-3-4-6-14(13)12-23-2/h3-10H,11-12,20H2,1-2H3,(H,21,22). The number of nitrogens with two attached hydrogens (primary N) is 1. The highest BCUT2D eigenvalue weighted by Crippen LogP contribution is 2.21. The highest BCUT2D eigenvalue weighted by molar-refractivity contribution is 9.10. The smallest absolute Gasteiger partial charge is 0.244 e. The molecule has 0 radical (unpaired) electrons. The van der Waals surface area contributed by atoms with Crippen LogP contribution in [0.1, 0.15) is 23.6 Å². The maximum absolute atomic E-state index is 12.5. The molecule has 0 aliphatic heterocycles. The van der Waals surface area contributed by atoms with Crippen LogP contribution in [0.3, 0.4) is 0 Å². The van der Waals surface area contributed by atoms with Gasteiger partial charge < -0.3 is 15.8 Å². The number of benzene rings is 2. The molecule has 4 nitrogen and oxygen atoms in total. The van der Waals surface area contributed by atoms with Crippen molar-refractivity contribution in [1.29, 1.82) is 0 Å². The number of ether oxygens (including phenoxy) is 1. The highest BCUT2D eigenvalue weighted by atomic mass is 79.9. The Morgan fingerprint density at radius 3 is 2.39 bits per heavy atom. The first kappa shape index (κ1) is 17.7. The van der Waals surface area contributed by atoms with Crippen LogP contribution < -0.4 is 11.1 Å². The third kappa shape index (κ3) is 4.41. The summed E-state index contributed by atoms with van der Waals surface area (Å²) < 4.78 is 6.13. The van der Waals surface area contributed by atoms with Crippen molar-refractivity contribution in [3.05, 3.63) is 69.7 Å². The van der Waals surface area contributed by atoms with Gasteiger partial charge in [-0.25, -0.2) is 0 Å². The van der Waals surface area contributed by atoms with Gasteiger partial charge in [-0.2, -0.15) is 0 Å². The van der Waals surface area contributed by atoms with Crippen LogP contribution in [0, 0.1) is 0 Å². The lowest BCUT2D eigenvalue weighted by molar-refractivity contribution is -0.126. The third-order valence-electron chi connectivity index (χ3n) is 3.77. The van der Waals surface area contributed by atoms with E-state index in [1.165, 1.54) is 0 Å². The molecule has 0 saturated carbocycles. The molecular weight excluding hydrogens is 356 g/mol. The van der Waals surface area contributed by atoms with Crippen LogP contribution in [0.4, 0.5) is 0 Å². The lowest BCUT2D eigenvalue weighted by atomic mass is 9.92. The molecule has 0 fully saturated rings. The van der Waals surface area contributed by atoms with Gasteiger partial charge in [-0.1, -0.05) is 52.3 Å². The summed E-state index contributed by atoms with van der Waals surface area (Å²) in [6, 6.07) is 15.3. The summed E-state index contributed by atoms with van der Waals surface area (Å²) >= 11 is 3.38. The van der Waals surface area contributed by atoms with Crippen molar-refractivity contribution >= 4 is 21.8 Å². The van der Waals surface area contributed by atoms with Crippen molar-refractivity contribution in [3.63, 3.8) is 0 Å².